The fourth-order valence-electron chi connectivity index (χ4n) is 5.77. The van der Waals surface area contributed by atoms with Crippen molar-refractivity contribution in [3.63, 3.8) is 0 Å². The zero-order valence-electron chi connectivity index (χ0n) is 19.9. The number of benzene rings is 3. The van der Waals surface area contributed by atoms with Crippen molar-refractivity contribution in [3.8, 4) is 0 Å². The van der Waals surface area contributed by atoms with Gasteiger partial charge in [-0.25, -0.2) is 4.39 Å². The van der Waals surface area contributed by atoms with Crippen molar-refractivity contribution < 1.29 is 14.0 Å². The molecule has 4 nitrogen and oxygen atoms in total. The lowest BCUT2D eigenvalue weighted by Crippen LogP contribution is -2.55. The number of likely N-dealkylation sites (tertiary alicyclic amines) is 2. The molecular weight excluding hydrogens is 439 g/mol. The summed E-state index contributed by atoms with van der Waals surface area (Å²) < 4.78 is 13.3. The molecule has 3 aromatic rings. The monoisotopic (exact) mass is 470 g/mol. The lowest BCUT2D eigenvalue weighted by molar-refractivity contribution is -0.146. The molecule has 2 aliphatic heterocycles. The average molecular weight is 471 g/mol. The van der Waals surface area contributed by atoms with E-state index in [1.807, 2.05) is 77.7 Å². The first kappa shape index (κ1) is 23.3. The second kappa shape index (κ2) is 10.0. The number of hydrogen-bond acceptors (Lipinski definition) is 2. The van der Waals surface area contributed by atoms with Gasteiger partial charge < -0.3 is 9.80 Å². The summed E-state index contributed by atoms with van der Waals surface area (Å²) >= 11 is 0. The number of carbonyl (C=O) groups excluding carboxylic acids is 2. The smallest absolute Gasteiger partial charge is 0.242 e. The third kappa shape index (κ3) is 4.60. The van der Waals surface area contributed by atoms with Crippen molar-refractivity contribution >= 4 is 11.8 Å². The number of hydrogen-bond donors (Lipinski definition) is 0. The summed E-state index contributed by atoms with van der Waals surface area (Å²) in [5.74, 6) is 0.123. The van der Waals surface area contributed by atoms with Gasteiger partial charge in [0.05, 0.1) is 12.0 Å². The van der Waals surface area contributed by atoms with Crippen LogP contribution in [-0.2, 0) is 15.0 Å². The van der Waals surface area contributed by atoms with E-state index in [-0.39, 0.29) is 24.2 Å². The Morgan fingerprint density at radius 1 is 0.829 bits per heavy atom. The van der Waals surface area contributed by atoms with Crippen molar-refractivity contribution in [3.05, 3.63) is 107 Å². The Hall–Kier alpha value is -3.47. The number of nitrogens with zero attached hydrogens (tertiary/aromatic N) is 2. The molecule has 5 rings (SSSR count). The van der Waals surface area contributed by atoms with Gasteiger partial charge in [0.2, 0.25) is 11.8 Å². The molecule has 0 saturated carbocycles. The maximum Gasteiger partial charge on any atom is 0.242 e. The van der Waals surface area contributed by atoms with E-state index < -0.39 is 5.41 Å². The molecular formula is C30H31FN2O2. The molecule has 0 N–H and O–H groups in total. The van der Waals surface area contributed by atoms with E-state index in [1.54, 1.807) is 4.90 Å². The highest BCUT2D eigenvalue weighted by atomic mass is 19.1. The number of halogens is 1. The predicted molar refractivity (Wildman–Crippen MR) is 134 cm³/mol. The highest BCUT2D eigenvalue weighted by Crippen LogP contribution is 2.41. The fourth-order valence-corrected chi connectivity index (χ4v) is 5.77. The largest absolute Gasteiger partial charge is 0.341 e. The van der Waals surface area contributed by atoms with Crippen molar-refractivity contribution in [2.45, 2.75) is 37.0 Å². The van der Waals surface area contributed by atoms with Crippen LogP contribution in [0, 0.1) is 5.82 Å². The van der Waals surface area contributed by atoms with Crippen molar-refractivity contribution in [2.24, 2.45) is 0 Å². The average Bonchev–Trinajstić information content (AvgIpc) is 2.91. The van der Waals surface area contributed by atoms with E-state index in [9.17, 15) is 14.0 Å². The van der Waals surface area contributed by atoms with E-state index in [4.69, 9.17) is 0 Å². The molecule has 2 heterocycles. The lowest BCUT2D eigenvalue weighted by Gasteiger charge is -2.43. The molecule has 0 aliphatic carbocycles. The number of rotatable bonds is 5. The first-order chi connectivity index (χ1) is 17.1. The zero-order valence-corrected chi connectivity index (χ0v) is 19.9. The SMILES string of the molecule is O=C(CN1CCCC(c2ccccc2)(c2ccccc2)C1=O)N1CCC(c2ccc(F)cc2)CC1. The van der Waals surface area contributed by atoms with Crippen molar-refractivity contribution in [1.82, 2.24) is 9.80 Å². The molecule has 0 atom stereocenters. The molecule has 0 bridgehead atoms. The van der Waals surface area contributed by atoms with E-state index in [2.05, 4.69) is 0 Å². The quantitative estimate of drug-likeness (QED) is 0.518. The highest BCUT2D eigenvalue weighted by Gasteiger charge is 2.47. The topological polar surface area (TPSA) is 40.6 Å². The molecule has 2 aliphatic rings. The highest BCUT2D eigenvalue weighted by molar-refractivity contribution is 5.95. The summed E-state index contributed by atoms with van der Waals surface area (Å²) in [5.41, 5.74) is 2.32. The number of amides is 2. The van der Waals surface area contributed by atoms with Crippen LogP contribution in [0.4, 0.5) is 4.39 Å². The summed E-state index contributed by atoms with van der Waals surface area (Å²) in [6.07, 6.45) is 3.27. The first-order valence-electron chi connectivity index (χ1n) is 12.5. The summed E-state index contributed by atoms with van der Waals surface area (Å²) in [6, 6.07) is 26.6. The minimum atomic E-state index is -0.767. The minimum absolute atomic E-state index is 0.00725. The molecule has 0 radical (unpaired) electrons. The van der Waals surface area contributed by atoms with Gasteiger partial charge in [0.15, 0.2) is 0 Å². The molecule has 180 valence electrons. The molecule has 3 aromatic carbocycles. The van der Waals surface area contributed by atoms with Gasteiger partial charge in [0, 0.05) is 19.6 Å². The van der Waals surface area contributed by atoms with Gasteiger partial charge in [-0.3, -0.25) is 9.59 Å². The van der Waals surface area contributed by atoms with Gasteiger partial charge in [0.25, 0.3) is 0 Å². The number of piperidine rings is 2. The lowest BCUT2D eigenvalue weighted by atomic mass is 9.68. The summed E-state index contributed by atoms with van der Waals surface area (Å²) in [7, 11) is 0. The number of carbonyl (C=O) groups is 2. The Morgan fingerprint density at radius 3 is 1.97 bits per heavy atom. The predicted octanol–water partition coefficient (Wildman–Crippen LogP) is 5.14. The second-order valence-electron chi connectivity index (χ2n) is 9.67. The van der Waals surface area contributed by atoms with Gasteiger partial charge in [-0.15, -0.1) is 0 Å². The van der Waals surface area contributed by atoms with Crippen LogP contribution in [0.3, 0.4) is 0 Å². The fraction of sp³-hybridized carbons (Fsp3) is 0.333. The van der Waals surface area contributed by atoms with E-state index in [0.29, 0.717) is 25.6 Å². The van der Waals surface area contributed by atoms with E-state index in [1.165, 1.54) is 12.1 Å². The molecule has 0 aromatic heterocycles. The van der Waals surface area contributed by atoms with Gasteiger partial charge in [-0.2, -0.15) is 0 Å². The van der Waals surface area contributed by atoms with Gasteiger partial charge >= 0.3 is 0 Å². The Bertz CT molecular complexity index is 1120. The van der Waals surface area contributed by atoms with E-state index >= 15 is 0 Å². The zero-order chi connectivity index (χ0) is 24.3. The van der Waals surface area contributed by atoms with Crippen molar-refractivity contribution in [2.75, 3.05) is 26.2 Å². The van der Waals surface area contributed by atoms with Crippen LogP contribution in [0.5, 0.6) is 0 Å². The van der Waals surface area contributed by atoms with Gasteiger partial charge in [-0.05, 0) is 60.4 Å². The molecule has 2 fully saturated rings. The first-order valence-corrected chi connectivity index (χ1v) is 12.5. The maximum atomic E-state index is 14.1. The summed E-state index contributed by atoms with van der Waals surface area (Å²) in [4.78, 5) is 31.0. The molecule has 0 unspecified atom stereocenters. The van der Waals surface area contributed by atoms with Crippen LogP contribution in [0.1, 0.15) is 48.3 Å². The molecule has 35 heavy (non-hydrogen) atoms. The third-order valence-electron chi connectivity index (χ3n) is 7.68. The summed E-state index contributed by atoms with van der Waals surface area (Å²) in [5, 5.41) is 0. The normalized spacial score (nSPS) is 18.5. The Morgan fingerprint density at radius 2 is 1.40 bits per heavy atom. The molecule has 2 saturated heterocycles. The van der Waals surface area contributed by atoms with E-state index in [0.717, 1.165) is 42.4 Å². The Balaban J connectivity index is 1.30. The summed E-state index contributed by atoms with van der Waals surface area (Å²) in [6.45, 7) is 2.02. The maximum absolute atomic E-state index is 14.1. The van der Waals surface area contributed by atoms with Crippen LogP contribution in [0.15, 0.2) is 84.9 Å². The minimum Gasteiger partial charge on any atom is -0.341 e. The van der Waals surface area contributed by atoms with Crippen LogP contribution >= 0.6 is 0 Å². The molecule has 0 spiro atoms. The van der Waals surface area contributed by atoms with Crippen LogP contribution < -0.4 is 0 Å². The van der Waals surface area contributed by atoms with Crippen LogP contribution in [0.25, 0.3) is 0 Å². The molecule has 5 heteroatoms. The van der Waals surface area contributed by atoms with Crippen LogP contribution in [-0.4, -0.2) is 47.8 Å². The van der Waals surface area contributed by atoms with Crippen molar-refractivity contribution in [1.29, 1.82) is 0 Å². The molecule has 2 amide bonds. The van der Waals surface area contributed by atoms with Gasteiger partial charge in [-0.1, -0.05) is 72.8 Å². The van der Waals surface area contributed by atoms with Crippen LogP contribution in [0.2, 0.25) is 0 Å². The van der Waals surface area contributed by atoms with Gasteiger partial charge in [0.1, 0.15) is 5.82 Å². The Labute approximate surface area is 206 Å². The third-order valence-corrected chi connectivity index (χ3v) is 7.68. The Kier molecular flexibility index (Phi) is 6.67. The second-order valence-corrected chi connectivity index (χ2v) is 9.67. The standard InChI is InChI=1S/C30H31FN2O2/c31-27-14-12-23(13-15-27)24-16-20-32(21-17-24)28(34)22-33-19-7-18-30(29(33)35,25-8-3-1-4-9-25)26-10-5-2-6-11-26/h1-6,8-15,24H,7,16-22H2.